The first-order chi connectivity index (χ1) is 19.2. The predicted molar refractivity (Wildman–Crippen MR) is 157 cm³/mol. The van der Waals surface area contributed by atoms with Crippen LogP contribution in [0.15, 0.2) is 75.5 Å². The molecule has 1 fully saturated rings. The van der Waals surface area contributed by atoms with Crippen LogP contribution in [0.2, 0.25) is 0 Å². The van der Waals surface area contributed by atoms with Crippen molar-refractivity contribution < 1.29 is 17.9 Å². The number of benzene rings is 3. The van der Waals surface area contributed by atoms with E-state index in [2.05, 4.69) is 5.32 Å². The van der Waals surface area contributed by atoms with E-state index < -0.39 is 15.9 Å². The number of hydrogen-bond acceptors (Lipinski definition) is 7. The van der Waals surface area contributed by atoms with Gasteiger partial charge in [-0.1, -0.05) is 42.1 Å². The highest BCUT2D eigenvalue weighted by molar-refractivity contribution is 7.99. The lowest BCUT2D eigenvalue weighted by Gasteiger charge is -2.27. The van der Waals surface area contributed by atoms with Crippen LogP contribution >= 0.6 is 11.8 Å². The van der Waals surface area contributed by atoms with Crippen molar-refractivity contribution in [1.29, 1.82) is 0 Å². The zero-order chi connectivity index (χ0) is 28.4. The molecule has 3 aromatic carbocycles. The second-order valence-corrected chi connectivity index (χ2v) is 12.5. The maximum atomic E-state index is 13.6. The quantitative estimate of drug-likeness (QED) is 0.260. The number of amides is 1. The number of nitrogens with one attached hydrogen (secondary N) is 1. The number of carbonyl (C=O) groups excluding carboxylic acids is 1. The van der Waals surface area contributed by atoms with Gasteiger partial charge >= 0.3 is 0 Å². The number of nitrogens with zero attached hydrogens (tertiary/aromatic N) is 3. The molecule has 0 bridgehead atoms. The molecule has 0 atom stereocenters. The molecule has 0 unspecified atom stereocenters. The topological polar surface area (TPSA) is 111 Å². The zero-order valence-electron chi connectivity index (χ0n) is 22.5. The standard InChI is InChI=1S/C29H30N4O5S2/c1-19-11-12-24(26(17-19)40(36,37)32-13-15-38-16-14-32)30-27(34)18-39-29-31-23-9-5-4-8-22(23)28(35)33(29)25-10-6-7-20(2)21(25)3/h4-12,17H,13-16,18H2,1-3H3,(H,30,34). The van der Waals surface area contributed by atoms with Crippen LogP contribution in [-0.2, 0) is 19.6 Å². The Balaban J connectivity index is 1.45. The van der Waals surface area contributed by atoms with Gasteiger partial charge in [0.2, 0.25) is 15.9 Å². The average molecular weight is 579 g/mol. The van der Waals surface area contributed by atoms with Gasteiger partial charge in [-0.2, -0.15) is 4.31 Å². The highest BCUT2D eigenvalue weighted by atomic mass is 32.2. The van der Waals surface area contributed by atoms with Crippen LogP contribution in [0.1, 0.15) is 16.7 Å². The lowest BCUT2D eigenvalue weighted by atomic mass is 10.1. The van der Waals surface area contributed by atoms with Crippen molar-refractivity contribution in [1.82, 2.24) is 13.9 Å². The molecule has 1 amide bonds. The highest BCUT2D eigenvalue weighted by Crippen LogP contribution is 2.28. The maximum Gasteiger partial charge on any atom is 0.266 e. The molecule has 208 valence electrons. The van der Waals surface area contributed by atoms with Crippen molar-refractivity contribution in [3.05, 3.63) is 87.7 Å². The Hall–Kier alpha value is -3.51. The lowest BCUT2D eigenvalue weighted by molar-refractivity contribution is -0.113. The van der Waals surface area contributed by atoms with E-state index in [0.29, 0.717) is 35.0 Å². The van der Waals surface area contributed by atoms with Crippen LogP contribution < -0.4 is 10.9 Å². The minimum Gasteiger partial charge on any atom is -0.379 e. The largest absolute Gasteiger partial charge is 0.379 e. The number of anilines is 1. The second kappa shape index (κ2) is 11.5. The van der Waals surface area contributed by atoms with Crippen LogP contribution in [0, 0.1) is 20.8 Å². The van der Waals surface area contributed by atoms with Crippen molar-refractivity contribution in [3.63, 3.8) is 0 Å². The van der Waals surface area contributed by atoms with Gasteiger partial charge in [-0.3, -0.25) is 14.2 Å². The van der Waals surface area contributed by atoms with Gasteiger partial charge in [0.1, 0.15) is 4.90 Å². The van der Waals surface area contributed by atoms with E-state index in [-0.39, 0.29) is 35.0 Å². The normalized spacial score (nSPS) is 14.4. The number of carbonyl (C=O) groups is 1. The van der Waals surface area contributed by atoms with Gasteiger partial charge in [0.05, 0.1) is 41.2 Å². The minimum atomic E-state index is -3.84. The summed E-state index contributed by atoms with van der Waals surface area (Å²) in [6.45, 7) is 6.88. The van der Waals surface area contributed by atoms with E-state index in [1.54, 1.807) is 47.9 Å². The summed E-state index contributed by atoms with van der Waals surface area (Å²) >= 11 is 1.12. The van der Waals surface area contributed by atoms with Crippen molar-refractivity contribution >= 4 is 44.3 Å². The fraction of sp³-hybridized carbons (Fsp3) is 0.276. The molecule has 0 radical (unpaired) electrons. The summed E-state index contributed by atoms with van der Waals surface area (Å²) < 4.78 is 35.0. The molecule has 11 heteroatoms. The molecule has 1 aliphatic heterocycles. The Morgan fingerprint density at radius 2 is 1.77 bits per heavy atom. The van der Waals surface area contributed by atoms with Crippen molar-refractivity contribution in [2.75, 3.05) is 37.4 Å². The first-order valence-corrected chi connectivity index (χ1v) is 15.3. The first kappa shape index (κ1) is 28.0. The number of thioether (sulfide) groups is 1. The highest BCUT2D eigenvalue weighted by Gasteiger charge is 2.29. The van der Waals surface area contributed by atoms with E-state index >= 15 is 0 Å². The number of fused-ring (bicyclic) bond motifs is 1. The van der Waals surface area contributed by atoms with Gasteiger partial charge in [0.25, 0.3) is 5.56 Å². The molecule has 0 aliphatic carbocycles. The number of morpholine rings is 1. The second-order valence-electron chi connectivity index (χ2n) is 9.62. The predicted octanol–water partition coefficient (Wildman–Crippen LogP) is 4.06. The van der Waals surface area contributed by atoms with Crippen molar-refractivity contribution in [2.24, 2.45) is 0 Å². The fourth-order valence-corrected chi connectivity index (χ4v) is 7.03. The number of ether oxygens (including phenoxy) is 1. The van der Waals surface area contributed by atoms with E-state index in [4.69, 9.17) is 9.72 Å². The molecule has 9 nitrogen and oxygen atoms in total. The summed E-state index contributed by atoms with van der Waals surface area (Å²) in [5, 5.41) is 3.63. The molecule has 1 saturated heterocycles. The minimum absolute atomic E-state index is 0.0453. The number of rotatable bonds is 7. The van der Waals surface area contributed by atoms with E-state index in [1.807, 2.05) is 38.1 Å². The number of aromatic nitrogens is 2. The van der Waals surface area contributed by atoms with Crippen LogP contribution in [-0.4, -0.2) is 60.2 Å². The van der Waals surface area contributed by atoms with E-state index in [1.165, 1.54) is 4.31 Å². The Labute approximate surface area is 237 Å². The van der Waals surface area contributed by atoms with Gasteiger partial charge in [-0.05, 0) is 67.8 Å². The van der Waals surface area contributed by atoms with Crippen LogP contribution in [0.25, 0.3) is 16.6 Å². The monoisotopic (exact) mass is 578 g/mol. The molecule has 5 rings (SSSR count). The van der Waals surface area contributed by atoms with Gasteiger partial charge in [0.15, 0.2) is 5.16 Å². The molecule has 1 aromatic heterocycles. The number of aryl methyl sites for hydroxylation is 2. The summed E-state index contributed by atoms with van der Waals surface area (Å²) in [4.78, 5) is 31.6. The Morgan fingerprint density at radius 1 is 1.02 bits per heavy atom. The van der Waals surface area contributed by atoms with E-state index in [9.17, 15) is 18.0 Å². The summed E-state index contributed by atoms with van der Waals surface area (Å²) in [7, 11) is -3.84. The smallest absolute Gasteiger partial charge is 0.266 e. The third kappa shape index (κ3) is 5.55. The first-order valence-electron chi connectivity index (χ1n) is 12.9. The summed E-state index contributed by atoms with van der Waals surface area (Å²) in [6, 6.07) is 17.8. The van der Waals surface area contributed by atoms with Crippen LogP contribution in [0.4, 0.5) is 5.69 Å². The molecule has 2 heterocycles. The van der Waals surface area contributed by atoms with Crippen LogP contribution in [0.3, 0.4) is 0 Å². The van der Waals surface area contributed by atoms with Gasteiger partial charge in [-0.15, -0.1) is 0 Å². The van der Waals surface area contributed by atoms with Gasteiger partial charge in [-0.25, -0.2) is 13.4 Å². The van der Waals surface area contributed by atoms with E-state index in [0.717, 1.165) is 28.5 Å². The molecule has 4 aromatic rings. The fourth-order valence-electron chi connectivity index (χ4n) is 4.59. The maximum absolute atomic E-state index is 13.6. The van der Waals surface area contributed by atoms with Crippen molar-refractivity contribution in [2.45, 2.75) is 30.8 Å². The molecular weight excluding hydrogens is 548 g/mol. The summed E-state index contributed by atoms with van der Waals surface area (Å²) in [6.07, 6.45) is 0. The molecule has 0 spiro atoms. The van der Waals surface area contributed by atoms with Gasteiger partial charge in [0, 0.05) is 13.1 Å². The van der Waals surface area contributed by atoms with Crippen LogP contribution in [0.5, 0.6) is 0 Å². The summed E-state index contributed by atoms with van der Waals surface area (Å²) in [5.74, 6) is -0.497. The SMILES string of the molecule is Cc1ccc(NC(=O)CSc2nc3ccccc3c(=O)n2-c2cccc(C)c2C)c(S(=O)(=O)N2CCOCC2)c1. The number of hydrogen-bond donors (Lipinski definition) is 1. The Morgan fingerprint density at radius 3 is 2.55 bits per heavy atom. The van der Waals surface area contributed by atoms with Crippen molar-refractivity contribution in [3.8, 4) is 5.69 Å². The molecule has 0 saturated carbocycles. The number of sulfonamides is 1. The molecule has 1 aliphatic rings. The number of para-hydroxylation sites is 1. The lowest BCUT2D eigenvalue weighted by Crippen LogP contribution is -2.41. The Kier molecular flexibility index (Phi) is 8.09. The third-order valence-corrected chi connectivity index (χ3v) is 9.77. The average Bonchev–Trinajstić information content (AvgIpc) is 2.95. The zero-order valence-corrected chi connectivity index (χ0v) is 24.1. The molecule has 40 heavy (non-hydrogen) atoms. The molecular formula is C29H30N4O5S2. The third-order valence-electron chi connectivity index (χ3n) is 6.89. The van der Waals surface area contributed by atoms with Gasteiger partial charge < -0.3 is 10.1 Å². The molecule has 1 N–H and O–H groups in total. The summed E-state index contributed by atoms with van der Waals surface area (Å²) in [5.41, 5.74) is 3.95. The Bertz CT molecular complexity index is 1760.